The molecule has 1 N–H and O–H groups in total. The Morgan fingerprint density at radius 1 is 1.32 bits per heavy atom. The average Bonchev–Trinajstić information content (AvgIpc) is 2.98. The average molecular weight is 406 g/mol. The van der Waals surface area contributed by atoms with Crippen molar-refractivity contribution in [3.05, 3.63) is 47.1 Å². The molecule has 0 unspecified atom stereocenters. The Morgan fingerprint density at radius 3 is 2.80 bits per heavy atom. The number of urea groups is 1. The number of benzene rings is 1. The number of nitrogens with zero attached hydrogens (tertiary/aromatic N) is 4. The summed E-state index contributed by atoms with van der Waals surface area (Å²) in [5.41, 5.74) is 1.26. The van der Waals surface area contributed by atoms with E-state index in [1.54, 1.807) is 33.8 Å². The topological polar surface area (TPSA) is 62.5 Å². The summed E-state index contributed by atoms with van der Waals surface area (Å²) in [7, 11) is 0. The monoisotopic (exact) mass is 405 g/mol. The number of fused-ring (bicyclic) bond motifs is 1. The first-order valence-electron chi connectivity index (χ1n) is 7.89. The van der Waals surface area contributed by atoms with E-state index in [2.05, 4.69) is 31.2 Å². The predicted octanol–water partition coefficient (Wildman–Crippen LogP) is 4.17. The van der Waals surface area contributed by atoms with Crippen LogP contribution >= 0.6 is 15.9 Å². The summed E-state index contributed by atoms with van der Waals surface area (Å²) in [5, 5.41) is 2.79. The SMILES string of the molecule is CCN(CC)C(=O)Nc1ccc(F)c(-c2ccn3c(Br)cnc3n2)c1. The van der Waals surface area contributed by atoms with Crippen molar-refractivity contribution in [3.8, 4) is 11.3 Å². The van der Waals surface area contributed by atoms with Gasteiger partial charge in [0.1, 0.15) is 10.4 Å². The number of amides is 2. The Balaban J connectivity index is 1.94. The van der Waals surface area contributed by atoms with E-state index in [-0.39, 0.29) is 6.03 Å². The number of halogens is 2. The van der Waals surface area contributed by atoms with Gasteiger partial charge in [0, 0.05) is 30.5 Å². The smallest absolute Gasteiger partial charge is 0.321 e. The van der Waals surface area contributed by atoms with E-state index in [9.17, 15) is 9.18 Å². The Labute approximate surface area is 152 Å². The molecule has 0 atom stereocenters. The second-order valence-corrected chi connectivity index (χ2v) is 6.17. The molecule has 0 aliphatic heterocycles. The molecule has 8 heteroatoms. The third-order valence-corrected chi connectivity index (χ3v) is 4.47. The molecular weight excluding hydrogens is 389 g/mol. The van der Waals surface area contributed by atoms with Gasteiger partial charge in [-0.1, -0.05) is 0 Å². The normalized spacial score (nSPS) is 10.9. The zero-order valence-corrected chi connectivity index (χ0v) is 15.4. The van der Waals surface area contributed by atoms with Crippen LogP contribution in [0.1, 0.15) is 13.8 Å². The van der Waals surface area contributed by atoms with Crippen LogP contribution in [-0.4, -0.2) is 38.4 Å². The fraction of sp³-hybridized carbons (Fsp3) is 0.235. The number of carbonyl (C=O) groups is 1. The molecule has 25 heavy (non-hydrogen) atoms. The van der Waals surface area contributed by atoms with Gasteiger partial charge in [-0.15, -0.1) is 0 Å². The third-order valence-electron chi connectivity index (χ3n) is 3.88. The van der Waals surface area contributed by atoms with Crippen LogP contribution in [0.3, 0.4) is 0 Å². The lowest BCUT2D eigenvalue weighted by atomic mass is 10.1. The van der Waals surface area contributed by atoms with Gasteiger partial charge >= 0.3 is 6.03 Å². The minimum absolute atomic E-state index is 0.219. The van der Waals surface area contributed by atoms with E-state index in [4.69, 9.17) is 0 Å². The van der Waals surface area contributed by atoms with Gasteiger partial charge < -0.3 is 10.2 Å². The number of rotatable bonds is 4. The Bertz CT molecular complexity index is 923. The second-order valence-electron chi connectivity index (χ2n) is 5.36. The summed E-state index contributed by atoms with van der Waals surface area (Å²) in [4.78, 5) is 22.4. The molecule has 3 rings (SSSR count). The summed E-state index contributed by atoms with van der Waals surface area (Å²) >= 11 is 3.36. The number of aromatic nitrogens is 3. The Hall–Kier alpha value is -2.48. The highest BCUT2D eigenvalue weighted by molar-refractivity contribution is 9.10. The number of hydrogen-bond donors (Lipinski definition) is 1. The molecule has 2 amide bonds. The van der Waals surface area contributed by atoms with Gasteiger partial charge in [0.05, 0.1) is 11.9 Å². The molecule has 0 aliphatic carbocycles. The van der Waals surface area contributed by atoms with Crippen molar-refractivity contribution in [1.29, 1.82) is 0 Å². The lowest BCUT2D eigenvalue weighted by Gasteiger charge is -2.19. The molecule has 130 valence electrons. The fourth-order valence-electron chi connectivity index (χ4n) is 2.50. The van der Waals surface area contributed by atoms with Crippen molar-refractivity contribution in [2.75, 3.05) is 18.4 Å². The molecule has 0 spiro atoms. The molecule has 1 aromatic carbocycles. The van der Waals surface area contributed by atoms with Crippen LogP contribution < -0.4 is 5.32 Å². The molecule has 6 nitrogen and oxygen atoms in total. The van der Waals surface area contributed by atoms with E-state index in [1.807, 2.05) is 13.8 Å². The predicted molar refractivity (Wildman–Crippen MR) is 98.0 cm³/mol. The van der Waals surface area contributed by atoms with Crippen molar-refractivity contribution in [3.63, 3.8) is 0 Å². The molecule has 0 saturated heterocycles. The molecule has 0 radical (unpaired) electrons. The van der Waals surface area contributed by atoms with E-state index in [0.717, 1.165) is 4.60 Å². The van der Waals surface area contributed by atoms with Gasteiger partial charge in [-0.2, -0.15) is 0 Å². The summed E-state index contributed by atoms with van der Waals surface area (Å²) in [6.45, 7) is 5.01. The Morgan fingerprint density at radius 2 is 2.08 bits per heavy atom. The van der Waals surface area contributed by atoms with E-state index < -0.39 is 5.82 Å². The summed E-state index contributed by atoms with van der Waals surface area (Å²) in [6.07, 6.45) is 3.39. The van der Waals surface area contributed by atoms with Gasteiger partial charge in [0.25, 0.3) is 0 Å². The summed E-state index contributed by atoms with van der Waals surface area (Å²) in [5.74, 6) is 0.0460. The van der Waals surface area contributed by atoms with E-state index in [1.165, 1.54) is 12.1 Å². The van der Waals surface area contributed by atoms with Crippen molar-refractivity contribution >= 4 is 33.4 Å². The van der Waals surface area contributed by atoms with Gasteiger partial charge in [-0.3, -0.25) is 4.40 Å². The van der Waals surface area contributed by atoms with Crippen LogP contribution in [0, 0.1) is 5.82 Å². The maximum atomic E-state index is 14.3. The first-order chi connectivity index (χ1) is 12.0. The summed E-state index contributed by atoms with van der Waals surface area (Å²) in [6, 6.07) is 5.91. The first kappa shape index (κ1) is 17.3. The lowest BCUT2D eigenvalue weighted by Crippen LogP contribution is -2.34. The number of imidazole rings is 1. The Kier molecular flexibility index (Phi) is 4.98. The van der Waals surface area contributed by atoms with Crippen LogP contribution in [0.5, 0.6) is 0 Å². The first-order valence-corrected chi connectivity index (χ1v) is 8.68. The van der Waals surface area contributed by atoms with Crippen LogP contribution in [0.15, 0.2) is 41.3 Å². The van der Waals surface area contributed by atoms with Crippen LogP contribution in [0.25, 0.3) is 17.0 Å². The molecule has 0 fully saturated rings. The lowest BCUT2D eigenvalue weighted by molar-refractivity contribution is 0.217. The van der Waals surface area contributed by atoms with Crippen molar-refractivity contribution in [2.45, 2.75) is 13.8 Å². The maximum Gasteiger partial charge on any atom is 0.321 e. The number of nitrogens with one attached hydrogen (secondary N) is 1. The van der Waals surface area contributed by atoms with Crippen LogP contribution in [0.4, 0.5) is 14.9 Å². The van der Waals surface area contributed by atoms with Crippen LogP contribution in [-0.2, 0) is 0 Å². The molecule has 2 heterocycles. The highest BCUT2D eigenvalue weighted by Crippen LogP contribution is 2.25. The standard InChI is InChI=1S/C17H17BrFN5O/c1-3-23(4-2)17(25)21-11-5-6-13(19)12(9-11)14-7-8-24-15(18)10-20-16(24)22-14/h5-10H,3-4H2,1-2H3,(H,21,25). The summed E-state index contributed by atoms with van der Waals surface area (Å²) < 4.78 is 16.8. The number of anilines is 1. The minimum Gasteiger partial charge on any atom is -0.325 e. The molecule has 0 bridgehead atoms. The number of carbonyl (C=O) groups excluding carboxylic acids is 1. The highest BCUT2D eigenvalue weighted by Gasteiger charge is 2.13. The zero-order valence-electron chi connectivity index (χ0n) is 13.8. The zero-order chi connectivity index (χ0) is 18.0. The molecule has 0 saturated carbocycles. The molecule has 0 aliphatic rings. The molecule has 3 aromatic rings. The molecular formula is C17H17BrFN5O. The molecule has 2 aromatic heterocycles. The highest BCUT2D eigenvalue weighted by atomic mass is 79.9. The minimum atomic E-state index is -0.414. The van der Waals surface area contributed by atoms with E-state index in [0.29, 0.717) is 35.8 Å². The second kappa shape index (κ2) is 7.18. The fourth-order valence-corrected chi connectivity index (χ4v) is 2.88. The van der Waals surface area contributed by atoms with Gasteiger partial charge in [0.15, 0.2) is 0 Å². The van der Waals surface area contributed by atoms with Crippen molar-refractivity contribution < 1.29 is 9.18 Å². The van der Waals surface area contributed by atoms with E-state index >= 15 is 0 Å². The van der Waals surface area contributed by atoms with Crippen molar-refractivity contribution in [2.24, 2.45) is 0 Å². The van der Waals surface area contributed by atoms with Crippen LogP contribution in [0.2, 0.25) is 0 Å². The maximum absolute atomic E-state index is 14.3. The van der Waals surface area contributed by atoms with Gasteiger partial charge in [-0.05, 0) is 54.0 Å². The van der Waals surface area contributed by atoms with Crippen molar-refractivity contribution in [1.82, 2.24) is 19.3 Å². The number of hydrogen-bond acceptors (Lipinski definition) is 3. The van der Waals surface area contributed by atoms with Gasteiger partial charge in [-0.25, -0.2) is 19.2 Å². The third kappa shape index (κ3) is 3.48. The van der Waals surface area contributed by atoms with Gasteiger partial charge in [0.2, 0.25) is 5.78 Å². The largest absolute Gasteiger partial charge is 0.325 e. The quantitative estimate of drug-likeness (QED) is 0.708.